The van der Waals surface area contributed by atoms with Gasteiger partial charge in [-0.1, -0.05) is 25.0 Å². The smallest absolute Gasteiger partial charge is 0.356 e. The van der Waals surface area contributed by atoms with Gasteiger partial charge in [-0.3, -0.25) is 9.59 Å². The van der Waals surface area contributed by atoms with Crippen molar-refractivity contribution in [2.45, 2.75) is 75.6 Å². The minimum Gasteiger partial charge on any atom is -0.497 e. The Labute approximate surface area is 256 Å². The van der Waals surface area contributed by atoms with Crippen LogP contribution in [0.2, 0.25) is 0 Å². The van der Waals surface area contributed by atoms with Crippen LogP contribution in [0.25, 0.3) is 10.9 Å². The van der Waals surface area contributed by atoms with Crippen LogP contribution in [0.15, 0.2) is 36.4 Å². The van der Waals surface area contributed by atoms with Crippen LogP contribution in [0.4, 0.5) is 0 Å². The lowest BCUT2D eigenvalue weighted by Gasteiger charge is -2.28. The summed E-state index contributed by atoms with van der Waals surface area (Å²) in [5.41, 5.74) is 5.68. The fourth-order valence-electron chi connectivity index (χ4n) is 6.08. The lowest BCUT2D eigenvalue weighted by atomic mass is 10.1. The summed E-state index contributed by atoms with van der Waals surface area (Å²) in [6.45, 7) is 2.00. The number of aromatic nitrogens is 1. The first-order valence-corrected chi connectivity index (χ1v) is 15.2. The van der Waals surface area contributed by atoms with E-state index in [0.29, 0.717) is 35.2 Å². The molecule has 0 bridgehead atoms. The largest absolute Gasteiger partial charge is 0.497 e. The zero-order chi connectivity index (χ0) is 31.4. The standard InChI is InChI=1S/C32H40N4O8/c1-4-43-31(40)32-17-19(32)10-8-6-5-7-9-11-23(33)29(38)36-18-21(15-26(36)28(37)35-32)44-27-16-25(30(39)42-3)34-24-14-20(41-2)12-13-22(24)27/h8,10,12-14,16,19,21,23,26H,4-7,9,11,15,17-18,33H2,1-3H3,(H,35,37)/b10-8-/t19?,21-,23+,26+,32-/m1/s1. The highest BCUT2D eigenvalue weighted by molar-refractivity contribution is 5.96. The monoisotopic (exact) mass is 608 g/mol. The van der Waals surface area contributed by atoms with Gasteiger partial charge < -0.3 is 34.9 Å². The van der Waals surface area contributed by atoms with Crippen molar-refractivity contribution in [2.24, 2.45) is 11.7 Å². The molecule has 1 aromatic heterocycles. The van der Waals surface area contributed by atoms with Crippen molar-refractivity contribution in [3.8, 4) is 11.5 Å². The average Bonchev–Trinajstić information content (AvgIpc) is 3.55. The molecule has 5 atom stereocenters. The maximum absolute atomic E-state index is 13.9. The number of allylic oxidation sites excluding steroid dienone is 1. The van der Waals surface area contributed by atoms with Gasteiger partial charge in [0.25, 0.3) is 0 Å². The van der Waals surface area contributed by atoms with E-state index in [4.69, 9.17) is 24.7 Å². The van der Waals surface area contributed by atoms with Crippen LogP contribution in [-0.2, 0) is 23.9 Å². The number of hydrogen-bond acceptors (Lipinski definition) is 10. The number of carbonyl (C=O) groups excluding carboxylic acids is 4. The van der Waals surface area contributed by atoms with Crippen molar-refractivity contribution in [3.63, 3.8) is 0 Å². The first-order valence-electron chi connectivity index (χ1n) is 15.2. The molecule has 3 aliphatic rings. The molecule has 2 fully saturated rings. The third-order valence-corrected chi connectivity index (χ3v) is 8.59. The SMILES string of the molecule is CCOC(=O)[C@@]12CC1/C=C\CCCCC[C@H](N)C(=O)N1C[C@H](Oc3cc(C(=O)OC)nc4cc(OC)ccc34)C[C@H]1C(=O)N2. The maximum Gasteiger partial charge on any atom is 0.356 e. The second kappa shape index (κ2) is 13.2. The first kappa shape index (κ1) is 31.2. The fraction of sp³-hybridized carbons (Fsp3) is 0.531. The Morgan fingerprint density at radius 3 is 2.73 bits per heavy atom. The molecule has 1 unspecified atom stereocenters. The number of hydrogen-bond donors (Lipinski definition) is 2. The number of carbonyl (C=O) groups is 4. The minimum atomic E-state index is -1.17. The predicted octanol–water partition coefficient (Wildman–Crippen LogP) is 2.66. The van der Waals surface area contributed by atoms with E-state index in [2.05, 4.69) is 10.3 Å². The zero-order valence-electron chi connectivity index (χ0n) is 25.4. The predicted molar refractivity (Wildman–Crippen MR) is 160 cm³/mol. The second-order valence-electron chi connectivity index (χ2n) is 11.5. The normalized spacial score (nSPS) is 28.0. The Balaban J connectivity index is 1.46. The van der Waals surface area contributed by atoms with Crippen molar-refractivity contribution >= 4 is 34.7 Å². The summed E-state index contributed by atoms with van der Waals surface area (Å²) in [6, 6.07) is 4.98. The van der Waals surface area contributed by atoms with Crippen molar-refractivity contribution in [1.82, 2.24) is 15.2 Å². The zero-order valence-corrected chi connectivity index (χ0v) is 25.4. The summed E-state index contributed by atoms with van der Waals surface area (Å²) in [6.07, 6.45) is 7.95. The van der Waals surface area contributed by atoms with Crippen molar-refractivity contribution < 1.29 is 38.1 Å². The molecule has 236 valence electrons. The van der Waals surface area contributed by atoms with Crippen LogP contribution in [0.5, 0.6) is 11.5 Å². The number of ether oxygens (including phenoxy) is 4. The second-order valence-corrected chi connectivity index (χ2v) is 11.5. The van der Waals surface area contributed by atoms with Crippen LogP contribution >= 0.6 is 0 Å². The van der Waals surface area contributed by atoms with E-state index in [0.717, 1.165) is 25.7 Å². The molecule has 0 radical (unpaired) electrons. The van der Waals surface area contributed by atoms with Crippen molar-refractivity contribution in [3.05, 3.63) is 42.1 Å². The van der Waals surface area contributed by atoms with Gasteiger partial charge in [-0.25, -0.2) is 14.6 Å². The van der Waals surface area contributed by atoms with E-state index >= 15 is 0 Å². The fourth-order valence-corrected chi connectivity index (χ4v) is 6.08. The van der Waals surface area contributed by atoms with Crippen LogP contribution in [0, 0.1) is 5.92 Å². The molecule has 3 N–H and O–H groups in total. The Morgan fingerprint density at radius 1 is 1.16 bits per heavy atom. The Kier molecular flexibility index (Phi) is 9.38. The summed E-state index contributed by atoms with van der Waals surface area (Å²) in [4.78, 5) is 58.9. The summed E-state index contributed by atoms with van der Waals surface area (Å²) in [5.74, 6) is -1.23. The first-order chi connectivity index (χ1) is 21.2. The molecule has 12 heteroatoms. The molecule has 3 heterocycles. The Hall–Kier alpha value is -4.19. The summed E-state index contributed by atoms with van der Waals surface area (Å²) in [7, 11) is 2.79. The number of amides is 2. The van der Waals surface area contributed by atoms with Gasteiger partial charge in [0.2, 0.25) is 11.8 Å². The molecule has 2 aromatic rings. The van der Waals surface area contributed by atoms with Gasteiger partial charge in [-0.2, -0.15) is 0 Å². The van der Waals surface area contributed by atoms with Crippen LogP contribution in [-0.4, -0.2) is 84.7 Å². The van der Waals surface area contributed by atoms with Crippen molar-refractivity contribution in [1.29, 1.82) is 0 Å². The average molecular weight is 609 g/mol. The van der Waals surface area contributed by atoms with E-state index in [1.807, 2.05) is 12.2 Å². The molecule has 44 heavy (non-hydrogen) atoms. The van der Waals surface area contributed by atoms with E-state index < -0.39 is 41.6 Å². The van der Waals surface area contributed by atoms with Crippen LogP contribution in [0.1, 0.15) is 62.4 Å². The van der Waals surface area contributed by atoms with Crippen LogP contribution < -0.4 is 20.5 Å². The molecule has 1 saturated heterocycles. The highest BCUT2D eigenvalue weighted by Crippen LogP contribution is 2.46. The van der Waals surface area contributed by atoms with Gasteiger partial charge in [0.1, 0.15) is 29.2 Å². The highest BCUT2D eigenvalue weighted by Gasteiger charge is 2.62. The van der Waals surface area contributed by atoms with Gasteiger partial charge in [0.15, 0.2) is 5.69 Å². The van der Waals surface area contributed by atoms with E-state index in [9.17, 15) is 19.2 Å². The molecule has 1 saturated carbocycles. The van der Waals surface area contributed by atoms with E-state index in [-0.39, 0.29) is 37.1 Å². The minimum absolute atomic E-state index is 0.0381. The number of nitrogens with two attached hydrogens (primary N) is 1. The number of fused-ring (bicyclic) bond motifs is 3. The topological polar surface area (TPSA) is 159 Å². The van der Waals surface area contributed by atoms with Gasteiger partial charge in [0.05, 0.1) is 38.9 Å². The lowest BCUT2D eigenvalue weighted by Crippen LogP contribution is -2.55. The Bertz CT molecular complexity index is 1460. The maximum atomic E-state index is 13.9. The summed E-state index contributed by atoms with van der Waals surface area (Å²) in [5, 5.41) is 3.56. The molecule has 12 nitrogen and oxygen atoms in total. The molecule has 2 amide bonds. The van der Waals surface area contributed by atoms with Gasteiger partial charge in [-0.15, -0.1) is 0 Å². The van der Waals surface area contributed by atoms with Gasteiger partial charge in [0, 0.05) is 29.9 Å². The van der Waals surface area contributed by atoms with E-state index in [1.165, 1.54) is 25.2 Å². The summed E-state index contributed by atoms with van der Waals surface area (Å²) >= 11 is 0. The molecular weight excluding hydrogens is 568 g/mol. The molecular formula is C32H40N4O8. The van der Waals surface area contributed by atoms with Gasteiger partial charge in [-0.05, 0) is 44.7 Å². The number of esters is 2. The molecule has 5 rings (SSSR count). The third-order valence-electron chi connectivity index (χ3n) is 8.59. The van der Waals surface area contributed by atoms with Crippen LogP contribution in [0.3, 0.4) is 0 Å². The number of benzene rings is 1. The third kappa shape index (κ3) is 6.35. The van der Waals surface area contributed by atoms with E-state index in [1.54, 1.807) is 25.1 Å². The number of methoxy groups -OCH3 is 2. The quantitative estimate of drug-likeness (QED) is 0.369. The molecule has 2 aliphatic heterocycles. The number of nitrogens with zero attached hydrogens (tertiary/aromatic N) is 2. The number of nitrogens with one attached hydrogen (secondary N) is 1. The lowest BCUT2D eigenvalue weighted by molar-refractivity contribution is -0.150. The summed E-state index contributed by atoms with van der Waals surface area (Å²) < 4.78 is 22.0. The van der Waals surface area contributed by atoms with Gasteiger partial charge >= 0.3 is 11.9 Å². The van der Waals surface area contributed by atoms with Crippen molar-refractivity contribution in [2.75, 3.05) is 27.4 Å². The highest BCUT2D eigenvalue weighted by atomic mass is 16.5. The number of pyridine rings is 1. The molecule has 1 aliphatic carbocycles. The number of rotatable bonds is 6. The molecule has 0 spiro atoms. The Morgan fingerprint density at radius 2 is 1.98 bits per heavy atom. The molecule has 1 aromatic carbocycles.